The number of nitrogens with zero attached hydrogens (tertiary/aromatic N) is 2. The Morgan fingerprint density at radius 3 is 2.88 bits per heavy atom. The molecule has 16 heavy (non-hydrogen) atoms. The van der Waals surface area contributed by atoms with E-state index in [-0.39, 0.29) is 0 Å². The van der Waals surface area contributed by atoms with Crippen LogP contribution in [0.1, 0.15) is 19.2 Å². The van der Waals surface area contributed by atoms with Crippen molar-refractivity contribution in [2.45, 2.75) is 31.5 Å². The molecule has 1 rings (SSSR count). The molecule has 1 aromatic heterocycles. The summed E-state index contributed by atoms with van der Waals surface area (Å²) in [5.41, 5.74) is 0. The molecule has 0 amide bonds. The molecule has 0 aliphatic heterocycles. The first-order valence-electron chi connectivity index (χ1n) is 5.41. The van der Waals surface area contributed by atoms with Gasteiger partial charge in [0.25, 0.3) is 5.22 Å². The molecule has 1 N–H and O–H groups in total. The maximum atomic E-state index is 5.29. The molecule has 0 saturated heterocycles. The van der Waals surface area contributed by atoms with Gasteiger partial charge < -0.3 is 14.5 Å². The van der Waals surface area contributed by atoms with E-state index < -0.39 is 0 Å². The van der Waals surface area contributed by atoms with Gasteiger partial charge in [-0.05, 0) is 13.0 Å². The molecule has 5 nitrogen and oxygen atoms in total. The summed E-state index contributed by atoms with van der Waals surface area (Å²) in [6, 6.07) is 0.321. The third-order valence-electron chi connectivity index (χ3n) is 1.97. The van der Waals surface area contributed by atoms with Crippen LogP contribution in [0.4, 0.5) is 0 Å². The molecular formula is C10H19N3O2S. The van der Waals surface area contributed by atoms with E-state index in [0.717, 1.165) is 18.7 Å². The van der Waals surface area contributed by atoms with Gasteiger partial charge in [0.1, 0.15) is 0 Å². The second kappa shape index (κ2) is 7.65. The van der Waals surface area contributed by atoms with E-state index in [9.17, 15) is 0 Å². The lowest BCUT2D eigenvalue weighted by molar-refractivity contribution is 0.174. The Kier molecular flexibility index (Phi) is 6.44. The lowest BCUT2D eigenvalue weighted by Gasteiger charge is -2.15. The minimum Gasteiger partial charge on any atom is -0.416 e. The molecule has 1 heterocycles. The van der Waals surface area contributed by atoms with Crippen molar-refractivity contribution in [1.82, 2.24) is 15.5 Å². The Morgan fingerprint density at radius 1 is 1.50 bits per heavy atom. The van der Waals surface area contributed by atoms with E-state index in [1.807, 2.05) is 0 Å². The van der Waals surface area contributed by atoms with E-state index in [1.54, 1.807) is 25.8 Å². The Morgan fingerprint density at radius 2 is 2.31 bits per heavy atom. The van der Waals surface area contributed by atoms with Crippen molar-refractivity contribution in [1.29, 1.82) is 0 Å². The van der Waals surface area contributed by atoms with Gasteiger partial charge in [-0.3, -0.25) is 0 Å². The van der Waals surface area contributed by atoms with Gasteiger partial charge >= 0.3 is 0 Å². The fraction of sp³-hybridized carbons (Fsp3) is 0.800. The summed E-state index contributed by atoms with van der Waals surface area (Å²) < 4.78 is 10.4. The second-order valence-corrected chi connectivity index (χ2v) is 4.48. The molecule has 0 aliphatic carbocycles. The SMILES string of the molecule is CCCNC(COC)CSc1nnc(C)o1. The number of aryl methyl sites for hydroxylation is 1. The van der Waals surface area contributed by atoms with E-state index in [0.29, 0.717) is 23.8 Å². The number of methoxy groups -OCH3 is 1. The summed E-state index contributed by atoms with van der Waals surface area (Å²) >= 11 is 1.56. The zero-order valence-electron chi connectivity index (χ0n) is 10.0. The first kappa shape index (κ1) is 13.5. The minimum atomic E-state index is 0.321. The number of hydrogen-bond acceptors (Lipinski definition) is 6. The predicted molar refractivity (Wildman–Crippen MR) is 63.7 cm³/mol. The van der Waals surface area contributed by atoms with E-state index in [1.165, 1.54) is 0 Å². The molecule has 0 saturated carbocycles. The fourth-order valence-corrected chi connectivity index (χ4v) is 2.06. The van der Waals surface area contributed by atoms with Crippen molar-refractivity contribution in [3.63, 3.8) is 0 Å². The van der Waals surface area contributed by atoms with Crippen LogP contribution in [0.2, 0.25) is 0 Å². The maximum Gasteiger partial charge on any atom is 0.276 e. The van der Waals surface area contributed by atoms with Gasteiger partial charge in [0.2, 0.25) is 5.89 Å². The summed E-state index contributed by atoms with van der Waals surface area (Å²) in [5.74, 6) is 1.47. The lowest BCUT2D eigenvalue weighted by Crippen LogP contribution is -2.35. The molecule has 0 radical (unpaired) electrons. The van der Waals surface area contributed by atoms with Crippen molar-refractivity contribution in [2.24, 2.45) is 0 Å². The third-order valence-corrected chi connectivity index (χ3v) is 2.95. The van der Waals surface area contributed by atoms with Gasteiger partial charge in [0.05, 0.1) is 6.61 Å². The summed E-state index contributed by atoms with van der Waals surface area (Å²) in [5, 5.41) is 11.8. The van der Waals surface area contributed by atoms with Crippen LogP contribution in [-0.4, -0.2) is 42.3 Å². The highest BCUT2D eigenvalue weighted by Crippen LogP contribution is 2.16. The van der Waals surface area contributed by atoms with Crippen LogP contribution < -0.4 is 5.32 Å². The van der Waals surface area contributed by atoms with Crippen LogP contribution in [0.5, 0.6) is 0 Å². The first-order valence-corrected chi connectivity index (χ1v) is 6.40. The van der Waals surface area contributed by atoms with E-state index >= 15 is 0 Å². The van der Waals surface area contributed by atoms with Crippen LogP contribution >= 0.6 is 11.8 Å². The van der Waals surface area contributed by atoms with Crippen LogP contribution in [0, 0.1) is 6.92 Å². The fourth-order valence-electron chi connectivity index (χ4n) is 1.22. The molecule has 0 fully saturated rings. The predicted octanol–water partition coefficient (Wildman–Crippen LogP) is 1.48. The Labute approximate surface area is 100 Å². The average molecular weight is 245 g/mol. The van der Waals surface area contributed by atoms with Crippen LogP contribution in [0.15, 0.2) is 9.64 Å². The van der Waals surface area contributed by atoms with Crippen LogP contribution in [-0.2, 0) is 4.74 Å². The Bertz CT molecular complexity index is 293. The smallest absolute Gasteiger partial charge is 0.276 e. The largest absolute Gasteiger partial charge is 0.416 e. The quantitative estimate of drug-likeness (QED) is 0.700. The van der Waals surface area contributed by atoms with Crippen molar-refractivity contribution in [3.8, 4) is 0 Å². The van der Waals surface area contributed by atoms with Gasteiger partial charge in [-0.1, -0.05) is 18.7 Å². The lowest BCUT2D eigenvalue weighted by atomic mass is 10.3. The number of nitrogens with one attached hydrogen (secondary N) is 1. The number of thioether (sulfide) groups is 1. The number of rotatable bonds is 8. The highest BCUT2D eigenvalue weighted by atomic mass is 32.2. The molecule has 1 aromatic rings. The van der Waals surface area contributed by atoms with Gasteiger partial charge in [-0.15, -0.1) is 10.2 Å². The van der Waals surface area contributed by atoms with Crippen molar-refractivity contribution >= 4 is 11.8 Å². The van der Waals surface area contributed by atoms with E-state index in [2.05, 4.69) is 22.4 Å². The van der Waals surface area contributed by atoms with Gasteiger partial charge in [0, 0.05) is 25.8 Å². The Hall–Kier alpha value is -0.590. The highest BCUT2D eigenvalue weighted by molar-refractivity contribution is 7.99. The second-order valence-electron chi connectivity index (χ2n) is 3.50. The zero-order valence-corrected chi connectivity index (χ0v) is 10.8. The zero-order chi connectivity index (χ0) is 11.8. The summed E-state index contributed by atoms with van der Waals surface area (Å²) in [7, 11) is 1.71. The number of hydrogen-bond donors (Lipinski definition) is 1. The molecule has 0 aliphatic rings. The van der Waals surface area contributed by atoms with Crippen molar-refractivity contribution in [2.75, 3.05) is 26.0 Å². The summed E-state index contributed by atoms with van der Waals surface area (Å²) in [4.78, 5) is 0. The van der Waals surface area contributed by atoms with Gasteiger partial charge in [0.15, 0.2) is 0 Å². The van der Waals surface area contributed by atoms with Crippen molar-refractivity contribution in [3.05, 3.63) is 5.89 Å². The Balaban J connectivity index is 2.30. The normalized spacial score (nSPS) is 12.9. The maximum absolute atomic E-state index is 5.29. The summed E-state index contributed by atoms with van der Waals surface area (Å²) in [6.45, 7) is 5.63. The van der Waals surface area contributed by atoms with Gasteiger partial charge in [-0.2, -0.15) is 0 Å². The number of ether oxygens (including phenoxy) is 1. The van der Waals surface area contributed by atoms with Crippen LogP contribution in [0.25, 0.3) is 0 Å². The molecule has 6 heteroatoms. The third kappa shape index (κ3) is 4.96. The molecule has 1 unspecified atom stereocenters. The van der Waals surface area contributed by atoms with Gasteiger partial charge in [-0.25, -0.2) is 0 Å². The first-order chi connectivity index (χ1) is 7.76. The molecule has 92 valence electrons. The molecule has 0 aromatic carbocycles. The molecule has 1 atom stereocenters. The van der Waals surface area contributed by atoms with E-state index in [4.69, 9.17) is 9.15 Å². The minimum absolute atomic E-state index is 0.321. The molecule has 0 spiro atoms. The average Bonchev–Trinajstić information content (AvgIpc) is 2.68. The highest BCUT2D eigenvalue weighted by Gasteiger charge is 2.10. The standard InChI is InChI=1S/C10H19N3O2S/c1-4-5-11-9(6-14-3)7-16-10-13-12-8(2)15-10/h9,11H,4-7H2,1-3H3. The molecule has 0 bridgehead atoms. The molecular weight excluding hydrogens is 226 g/mol. The summed E-state index contributed by atoms with van der Waals surface area (Å²) in [6.07, 6.45) is 1.12. The van der Waals surface area contributed by atoms with Crippen LogP contribution in [0.3, 0.4) is 0 Å². The monoisotopic (exact) mass is 245 g/mol. The van der Waals surface area contributed by atoms with Crippen molar-refractivity contribution < 1.29 is 9.15 Å². The number of aromatic nitrogens is 2. The topological polar surface area (TPSA) is 60.2 Å².